The number of hydrogen-bond acceptors (Lipinski definition) is 4. The summed E-state index contributed by atoms with van der Waals surface area (Å²) < 4.78 is 5.31. The van der Waals surface area contributed by atoms with Crippen molar-refractivity contribution in [2.24, 2.45) is 5.41 Å². The molecule has 5 nitrogen and oxygen atoms in total. The van der Waals surface area contributed by atoms with Crippen LogP contribution in [0, 0.1) is 5.41 Å². The molecule has 1 atom stereocenters. The van der Waals surface area contributed by atoms with Gasteiger partial charge in [0, 0.05) is 12.2 Å². The highest BCUT2D eigenvalue weighted by molar-refractivity contribution is 6.30. The van der Waals surface area contributed by atoms with Crippen molar-refractivity contribution < 1.29 is 14.6 Å². The van der Waals surface area contributed by atoms with Crippen LogP contribution in [0.15, 0.2) is 12.3 Å². The van der Waals surface area contributed by atoms with Gasteiger partial charge in [-0.25, -0.2) is 9.78 Å². The van der Waals surface area contributed by atoms with E-state index in [1.807, 2.05) is 41.5 Å². The van der Waals surface area contributed by atoms with Crippen molar-refractivity contribution in [1.29, 1.82) is 0 Å². The molecule has 6 heteroatoms. The molecule has 22 heavy (non-hydrogen) atoms. The minimum absolute atomic E-state index is 0.0657. The number of carbonyl (C=O) groups excluding carboxylic acids is 1. The largest absolute Gasteiger partial charge is 0.505 e. The second-order valence-corrected chi connectivity index (χ2v) is 7.78. The fraction of sp³-hybridized carbons (Fsp3) is 0.625. The van der Waals surface area contributed by atoms with Crippen LogP contribution in [0.1, 0.15) is 47.1 Å². The number of amides is 1. The molecule has 1 rings (SSSR count). The van der Waals surface area contributed by atoms with Gasteiger partial charge in [-0.3, -0.25) is 0 Å². The lowest BCUT2D eigenvalue weighted by molar-refractivity contribution is 0.0464. The molecule has 0 aliphatic heterocycles. The number of nitrogens with zero attached hydrogens (tertiary/aromatic N) is 1. The molecule has 0 saturated carbocycles. The Balaban J connectivity index is 2.86. The van der Waals surface area contributed by atoms with Gasteiger partial charge >= 0.3 is 6.09 Å². The Morgan fingerprint density at radius 2 is 1.95 bits per heavy atom. The molecule has 1 heterocycles. The van der Waals surface area contributed by atoms with E-state index in [1.54, 1.807) is 12.3 Å². The second kappa shape index (κ2) is 6.73. The van der Waals surface area contributed by atoms with Crippen molar-refractivity contribution in [3.05, 3.63) is 23.0 Å². The molecule has 0 aliphatic carbocycles. The van der Waals surface area contributed by atoms with E-state index in [9.17, 15) is 9.90 Å². The number of hydrogen-bond donors (Lipinski definition) is 2. The van der Waals surface area contributed by atoms with E-state index in [1.165, 1.54) is 0 Å². The Morgan fingerprint density at radius 3 is 2.41 bits per heavy atom. The molecule has 0 bridgehead atoms. The predicted molar refractivity (Wildman–Crippen MR) is 87.2 cm³/mol. The van der Waals surface area contributed by atoms with Crippen LogP contribution in [0.5, 0.6) is 5.75 Å². The Kier molecular flexibility index (Phi) is 5.68. The molecule has 0 aliphatic rings. The molecule has 2 N–H and O–H groups in total. The van der Waals surface area contributed by atoms with E-state index >= 15 is 0 Å². The molecule has 1 unspecified atom stereocenters. The van der Waals surface area contributed by atoms with Gasteiger partial charge in [0.15, 0.2) is 10.9 Å². The zero-order valence-corrected chi connectivity index (χ0v) is 14.8. The predicted octanol–water partition coefficient (Wildman–Crippen LogP) is 3.92. The van der Waals surface area contributed by atoms with E-state index < -0.39 is 11.7 Å². The minimum Gasteiger partial charge on any atom is -0.505 e. The molecule has 1 aromatic heterocycles. The second-order valence-electron chi connectivity index (χ2n) is 7.42. The maximum Gasteiger partial charge on any atom is 0.407 e. The van der Waals surface area contributed by atoms with Crippen LogP contribution in [0.3, 0.4) is 0 Å². The first kappa shape index (κ1) is 18.6. The van der Waals surface area contributed by atoms with Gasteiger partial charge in [0.25, 0.3) is 0 Å². The normalized spacial score (nSPS) is 13.6. The molecule has 0 spiro atoms. The fourth-order valence-corrected chi connectivity index (χ4v) is 1.95. The Labute approximate surface area is 137 Å². The van der Waals surface area contributed by atoms with Crippen molar-refractivity contribution in [2.75, 3.05) is 0 Å². The molecule has 124 valence electrons. The van der Waals surface area contributed by atoms with Crippen LogP contribution in [0.25, 0.3) is 0 Å². The lowest BCUT2D eigenvalue weighted by Gasteiger charge is -2.32. The number of pyridine rings is 1. The Hall–Kier alpha value is -1.49. The topological polar surface area (TPSA) is 71.5 Å². The summed E-state index contributed by atoms with van der Waals surface area (Å²) in [6.07, 6.45) is 1.65. The summed E-state index contributed by atoms with van der Waals surface area (Å²) in [5.41, 5.74) is 0.0524. The average Bonchev–Trinajstić information content (AvgIpc) is 2.29. The van der Waals surface area contributed by atoms with Crippen LogP contribution >= 0.6 is 11.6 Å². The molecule has 1 aromatic rings. The Morgan fingerprint density at radius 1 is 1.36 bits per heavy atom. The van der Waals surface area contributed by atoms with E-state index in [0.717, 1.165) is 5.56 Å². The van der Waals surface area contributed by atoms with Crippen molar-refractivity contribution in [3.8, 4) is 5.75 Å². The van der Waals surface area contributed by atoms with Gasteiger partial charge in [-0.2, -0.15) is 0 Å². The van der Waals surface area contributed by atoms with Gasteiger partial charge in [0.05, 0.1) is 0 Å². The van der Waals surface area contributed by atoms with E-state index in [2.05, 4.69) is 10.3 Å². The molecule has 1 amide bonds. The Bertz CT molecular complexity index is 533. The first-order valence-corrected chi connectivity index (χ1v) is 7.59. The molecular formula is C16H25ClN2O3. The number of alkyl carbamates (subject to hydrolysis) is 1. The van der Waals surface area contributed by atoms with Gasteiger partial charge < -0.3 is 15.2 Å². The van der Waals surface area contributed by atoms with Crippen LogP contribution < -0.4 is 5.32 Å². The summed E-state index contributed by atoms with van der Waals surface area (Å²) in [5.74, 6) is -0.0657. The number of rotatable bonds is 3. The van der Waals surface area contributed by atoms with Crippen molar-refractivity contribution in [2.45, 2.75) is 59.6 Å². The SMILES string of the molecule is CC(C)(C)OC(=O)NC(Cc1cnc(Cl)c(O)c1)C(C)(C)C. The van der Waals surface area contributed by atoms with Gasteiger partial charge in [-0.05, 0) is 44.2 Å². The van der Waals surface area contributed by atoms with Crippen LogP contribution in [0.4, 0.5) is 4.79 Å². The maximum atomic E-state index is 12.0. The zero-order chi connectivity index (χ0) is 17.1. The number of ether oxygens (including phenoxy) is 1. The molecule has 0 aromatic carbocycles. The number of aromatic hydroxyl groups is 1. The molecule has 0 saturated heterocycles. The third kappa shape index (κ3) is 6.10. The van der Waals surface area contributed by atoms with Gasteiger partial charge in [-0.1, -0.05) is 32.4 Å². The number of carbonyl (C=O) groups is 1. The van der Waals surface area contributed by atoms with E-state index in [0.29, 0.717) is 6.42 Å². The summed E-state index contributed by atoms with van der Waals surface area (Å²) in [5, 5.41) is 12.6. The van der Waals surface area contributed by atoms with Gasteiger partial charge in [0.2, 0.25) is 0 Å². The van der Waals surface area contributed by atoms with Crippen molar-refractivity contribution >= 4 is 17.7 Å². The summed E-state index contributed by atoms with van der Waals surface area (Å²) >= 11 is 5.71. The first-order chi connectivity index (χ1) is 9.88. The zero-order valence-electron chi connectivity index (χ0n) is 14.0. The average molecular weight is 329 g/mol. The first-order valence-electron chi connectivity index (χ1n) is 7.21. The lowest BCUT2D eigenvalue weighted by Crippen LogP contribution is -2.47. The van der Waals surface area contributed by atoms with Crippen molar-refractivity contribution in [3.63, 3.8) is 0 Å². The number of nitrogens with one attached hydrogen (secondary N) is 1. The van der Waals surface area contributed by atoms with Crippen LogP contribution in [0.2, 0.25) is 5.15 Å². The van der Waals surface area contributed by atoms with Crippen LogP contribution in [-0.2, 0) is 11.2 Å². The summed E-state index contributed by atoms with van der Waals surface area (Å²) in [6.45, 7) is 11.5. The molecular weight excluding hydrogens is 304 g/mol. The third-order valence-corrected chi connectivity index (χ3v) is 3.34. The standard InChI is InChI=1S/C16H25ClN2O3/c1-15(2,3)12(19-14(21)22-16(4,5)6)8-10-7-11(20)13(17)18-9-10/h7,9,12,20H,8H2,1-6H3,(H,19,21). The minimum atomic E-state index is -0.549. The summed E-state index contributed by atoms with van der Waals surface area (Å²) in [7, 11) is 0. The summed E-state index contributed by atoms with van der Waals surface area (Å²) in [6, 6.07) is 1.38. The van der Waals surface area contributed by atoms with Crippen LogP contribution in [-0.4, -0.2) is 27.8 Å². The highest BCUT2D eigenvalue weighted by Crippen LogP contribution is 2.26. The van der Waals surface area contributed by atoms with Gasteiger partial charge in [-0.15, -0.1) is 0 Å². The van der Waals surface area contributed by atoms with Gasteiger partial charge in [0.1, 0.15) is 5.60 Å². The lowest BCUT2D eigenvalue weighted by atomic mass is 9.83. The maximum absolute atomic E-state index is 12.0. The molecule has 0 fully saturated rings. The highest BCUT2D eigenvalue weighted by Gasteiger charge is 2.28. The smallest absolute Gasteiger partial charge is 0.407 e. The van der Waals surface area contributed by atoms with E-state index in [4.69, 9.17) is 16.3 Å². The van der Waals surface area contributed by atoms with E-state index in [-0.39, 0.29) is 22.4 Å². The third-order valence-electron chi connectivity index (χ3n) is 3.05. The summed E-state index contributed by atoms with van der Waals surface area (Å²) in [4.78, 5) is 15.9. The number of halogens is 1. The fourth-order valence-electron chi connectivity index (χ4n) is 1.85. The molecule has 0 radical (unpaired) electrons. The number of aromatic nitrogens is 1. The monoisotopic (exact) mass is 328 g/mol. The van der Waals surface area contributed by atoms with Crippen molar-refractivity contribution in [1.82, 2.24) is 10.3 Å². The quantitative estimate of drug-likeness (QED) is 0.825. The highest BCUT2D eigenvalue weighted by atomic mass is 35.5.